The molecule has 0 aromatic carbocycles. The van der Waals surface area contributed by atoms with Crippen LogP contribution in [0.5, 0.6) is 0 Å². The summed E-state index contributed by atoms with van der Waals surface area (Å²) in [7, 11) is 0. The molecule has 0 saturated carbocycles. The summed E-state index contributed by atoms with van der Waals surface area (Å²) in [6, 6.07) is -1.67. The van der Waals surface area contributed by atoms with E-state index >= 15 is 0 Å². The second kappa shape index (κ2) is 5.84. The van der Waals surface area contributed by atoms with Gasteiger partial charge in [0.2, 0.25) is 5.79 Å². The molecule has 9 heteroatoms. The monoisotopic (exact) mass is 267 g/mol. The molecule has 0 aliphatic carbocycles. The van der Waals surface area contributed by atoms with Crippen LogP contribution in [0, 0.1) is 0 Å². The highest BCUT2D eigenvalue weighted by atomic mass is 32.2. The summed E-state index contributed by atoms with van der Waals surface area (Å²) in [6.07, 6.45) is -0.330. The van der Waals surface area contributed by atoms with Crippen molar-refractivity contribution in [1.29, 1.82) is 0 Å². The van der Waals surface area contributed by atoms with Gasteiger partial charge in [0.05, 0.1) is 0 Å². The average Bonchev–Trinajstić information content (AvgIpc) is 2.14. The number of carboxylic acid groups (broad SMARTS) is 2. The first-order chi connectivity index (χ1) is 7.62. The fraction of sp³-hybridized carbons (Fsp3) is 0.625. The fourth-order valence-electron chi connectivity index (χ4n) is 1.00. The molecule has 0 aliphatic heterocycles. The third-order valence-electron chi connectivity index (χ3n) is 1.75. The SMILES string of the molecule is CSCC(C(=O)O)N(C(=O)O)C(=O)C(C)(O)O. The second-order valence-electron chi connectivity index (χ2n) is 3.29. The highest BCUT2D eigenvalue weighted by Gasteiger charge is 2.42. The van der Waals surface area contributed by atoms with E-state index < -0.39 is 29.8 Å². The van der Waals surface area contributed by atoms with Gasteiger partial charge in [0.15, 0.2) is 0 Å². The molecule has 8 nitrogen and oxygen atoms in total. The first-order valence-electron chi connectivity index (χ1n) is 4.36. The molecule has 0 radical (unpaired) electrons. The summed E-state index contributed by atoms with van der Waals surface area (Å²) in [5.74, 6) is -6.28. The van der Waals surface area contributed by atoms with Crippen molar-refractivity contribution in [1.82, 2.24) is 4.90 Å². The van der Waals surface area contributed by atoms with E-state index in [0.29, 0.717) is 6.92 Å². The quantitative estimate of drug-likeness (QED) is 0.466. The summed E-state index contributed by atoms with van der Waals surface area (Å²) in [5, 5.41) is 35.6. The molecule has 17 heavy (non-hydrogen) atoms. The maximum atomic E-state index is 11.4. The van der Waals surface area contributed by atoms with Crippen LogP contribution in [-0.2, 0) is 9.59 Å². The Kier molecular flexibility index (Phi) is 5.39. The van der Waals surface area contributed by atoms with Gasteiger partial charge in [-0.2, -0.15) is 11.8 Å². The van der Waals surface area contributed by atoms with Crippen LogP contribution in [0.3, 0.4) is 0 Å². The molecule has 0 heterocycles. The van der Waals surface area contributed by atoms with E-state index in [1.807, 2.05) is 0 Å². The van der Waals surface area contributed by atoms with Gasteiger partial charge in [-0.3, -0.25) is 4.79 Å². The van der Waals surface area contributed by atoms with Gasteiger partial charge in [-0.15, -0.1) is 0 Å². The van der Waals surface area contributed by atoms with Gasteiger partial charge >= 0.3 is 12.1 Å². The summed E-state index contributed by atoms with van der Waals surface area (Å²) in [6.45, 7) is 0.656. The molecular weight excluding hydrogens is 254 g/mol. The van der Waals surface area contributed by atoms with Crippen LogP contribution >= 0.6 is 11.8 Å². The van der Waals surface area contributed by atoms with E-state index in [0.717, 1.165) is 11.8 Å². The lowest BCUT2D eigenvalue weighted by atomic mass is 10.2. The van der Waals surface area contributed by atoms with E-state index in [1.165, 1.54) is 6.26 Å². The molecule has 0 aromatic rings. The molecule has 0 fully saturated rings. The lowest BCUT2D eigenvalue weighted by molar-refractivity contribution is -0.190. The van der Waals surface area contributed by atoms with Gasteiger partial charge in [0, 0.05) is 5.75 Å². The summed E-state index contributed by atoms with van der Waals surface area (Å²) in [5.41, 5.74) is 0. The number of nitrogens with zero attached hydrogens (tertiary/aromatic N) is 1. The number of imide groups is 1. The van der Waals surface area contributed by atoms with Gasteiger partial charge in [0.1, 0.15) is 6.04 Å². The zero-order valence-corrected chi connectivity index (χ0v) is 9.97. The number of aliphatic carboxylic acids is 1. The minimum atomic E-state index is -2.94. The van der Waals surface area contributed by atoms with Gasteiger partial charge in [-0.05, 0) is 13.2 Å². The Morgan fingerprint density at radius 2 is 1.76 bits per heavy atom. The predicted octanol–water partition coefficient (Wildman–Crippen LogP) is -0.990. The van der Waals surface area contributed by atoms with Crippen molar-refractivity contribution in [2.75, 3.05) is 12.0 Å². The highest BCUT2D eigenvalue weighted by molar-refractivity contribution is 7.98. The number of rotatable bonds is 5. The van der Waals surface area contributed by atoms with Crippen molar-refractivity contribution < 1.29 is 34.8 Å². The standard InChI is InChI=1S/C8H13NO7S/c1-8(15,16)6(12)9(7(13)14)4(3-17-2)5(10)11/h4,15-16H,3H2,1-2H3,(H,10,11)(H,13,14). The van der Waals surface area contributed by atoms with E-state index in [9.17, 15) is 14.4 Å². The first-order valence-corrected chi connectivity index (χ1v) is 5.75. The average molecular weight is 267 g/mol. The van der Waals surface area contributed by atoms with Gasteiger partial charge in [-0.1, -0.05) is 0 Å². The Balaban J connectivity index is 5.27. The number of thioether (sulfide) groups is 1. The first kappa shape index (κ1) is 15.7. The Bertz CT molecular complexity index is 324. The number of carbonyl (C=O) groups excluding carboxylic acids is 1. The molecule has 0 saturated heterocycles. The van der Waals surface area contributed by atoms with Gasteiger partial charge in [0.25, 0.3) is 5.91 Å². The van der Waals surface area contributed by atoms with E-state index in [4.69, 9.17) is 20.4 Å². The van der Waals surface area contributed by atoms with E-state index in [2.05, 4.69) is 0 Å². The predicted molar refractivity (Wildman–Crippen MR) is 57.5 cm³/mol. The number of hydrogen-bond acceptors (Lipinski definition) is 6. The summed E-state index contributed by atoms with van der Waals surface area (Å²) in [4.78, 5) is 33.0. The number of carbonyl (C=O) groups is 3. The Hall–Kier alpha value is -1.32. The topological polar surface area (TPSA) is 135 Å². The molecule has 98 valence electrons. The van der Waals surface area contributed by atoms with Crippen molar-refractivity contribution in [2.24, 2.45) is 0 Å². The molecule has 2 amide bonds. The zero-order chi connectivity index (χ0) is 13.8. The Morgan fingerprint density at radius 1 is 1.29 bits per heavy atom. The van der Waals surface area contributed by atoms with Crippen LogP contribution in [-0.4, -0.2) is 67.1 Å². The third-order valence-corrected chi connectivity index (χ3v) is 2.40. The smallest absolute Gasteiger partial charge is 0.415 e. The molecule has 4 N–H and O–H groups in total. The molecule has 0 aliphatic rings. The molecule has 1 unspecified atom stereocenters. The molecule has 0 bridgehead atoms. The molecule has 0 rings (SSSR count). The Morgan fingerprint density at radius 3 is 2.00 bits per heavy atom. The Labute approximate surface area is 101 Å². The van der Waals surface area contributed by atoms with Crippen LogP contribution in [0.1, 0.15) is 6.92 Å². The van der Waals surface area contributed by atoms with Crippen LogP contribution in [0.2, 0.25) is 0 Å². The molecule has 0 spiro atoms. The van der Waals surface area contributed by atoms with Crippen molar-refractivity contribution >= 4 is 29.7 Å². The van der Waals surface area contributed by atoms with E-state index in [1.54, 1.807) is 0 Å². The molecular formula is C8H13NO7S. The lowest BCUT2D eigenvalue weighted by Gasteiger charge is -2.27. The van der Waals surface area contributed by atoms with Crippen molar-refractivity contribution in [3.05, 3.63) is 0 Å². The third kappa shape index (κ3) is 4.21. The number of amides is 2. The minimum Gasteiger partial charge on any atom is -0.480 e. The highest BCUT2D eigenvalue weighted by Crippen LogP contribution is 2.13. The lowest BCUT2D eigenvalue weighted by Crippen LogP contribution is -2.56. The minimum absolute atomic E-state index is 0.0984. The largest absolute Gasteiger partial charge is 0.480 e. The van der Waals surface area contributed by atoms with Crippen LogP contribution in [0.4, 0.5) is 4.79 Å². The van der Waals surface area contributed by atoms with Crippen LogP contribution in [0.25, 0.3) is 0 Å². The van der Waals surface area contributed by atoms with E-state index in [-0.39, 0.29) is 10.7 Å². The van der Waals surface area contributed by atoms with Gasteiger partial charge < -0.3 is 20.4 Å². The number of carboxylic acids is 1. The normalized spacial score (nSPS) is 12.9. The fourth-order valence-corrected chi connectivity index (χ4v) is 1.61. The summed E-state index contributed by atoms with van der Waals surface area (Å²) < 4.78 is 0. The van der Waals surface area contributed by atoms with Crippen molar-refractivity contribution in [3.63, 3.8) is 0 Å². The second-order valence-corrected chi connectivity index (χ2v) is 4.20. The van der Waals surface area contributed by atoms with Crippen LogP contribution in [0.15, 0.2) is 0 Å². The summed E-state index contributed by atoms with van der Waals surface area (Å²) >= 11 is 1.01. The number of aliphatic hydroxyl groups is 2. The van der Waals surface area contributed by atoms with Crippen molar-refractivity contribution in [3.8, 4) is 0 Å². The van der Waals surface area contributed by atoms with Crippen molar-refractivity contribution in [2.45, 2.75) is 18.8 Å². The zero-order valence-electron chi connectivity index (χ0n) is 9.15. The molecule has 0 aromatic heterocycles. The van der Waals surface area contributed by atoms with Gasteiger partial charge in [-0.25, -0.2) is 14.5 Å². The maximum Gasteiger partial charge on any atom is 0.415 e. The molecule has 1 atom stereocenters. The van der Waals surface area contributed by atoms with Crippen LogP contribution < -0.4 is 0 Å². The maximum absolute atomic E-state index is 11.4. The number of hydrogen-bond donors (Lipinski definition) is 4.